The molecule has 3 aliphatic rings. The van der Waals surface area contributed by atoms with Crippen molar-refractivity contribution in [3.8, 4) is 0 Å². The maximum atomic E-state index is 6.27. The standard InChI is InChI=1S/C14H24O2/c1-9-10(2)16-14(15-9)8-11-6-7-13(14,5)12(11,3)4/h9-11H,6-8H2,1-5H3. The highest BCUT2D eigenvalue weighted by molar-refractivity contribution is 5.16. The van der Waals surface area contributed by atoms with E-state index in [1.807, 2.05) is 0 Å². The first-order valence-corrected chi connectivity index (χ1v) is 6.68. The van der Waals surface area contributed by atoms with E-state index >= 15 is 0 Å². The van der Waals surface area contributed by atoms with Crippen LogP contribution in [0.1, 0.15) is 53.9 Å². The molecule has 1 heterocycles. The summed E-state index contributed by atoms with van der Waals surface area (Å²) in [5.41, 5.74) is 0.556. The number of ether oxygens (including phenoxy) is 2. The van der Waals surface area contributed by atoms with Crippen LogP contribution in [0, 0.1) is 16.7 Å². The molecule has 2 nitrogen and oxygen atoms in total. The van der Waals surface area contributed by atoms with Gasteiger partial charge in [-0.3, -0.25) is 0 Å². The van der Waals surface area contributed by atoms with Gasteiger partial charge in [-0.15, -0.1) is 0 Å². The number of hydrogen-bond donors (Lipinski definition) is 0. The molecular formula is C14H24O2. The van der Waals surface area contributed by atoms with E-state index in [9.17, 15) is 0 Å². The summed E-state index contributed by atoms with van der Waals surface area (Å²) >= 11 is 0. The lowest BCUT2D eigenvalue weighted by Gasteiger charge is -2.44. The summed E-state index contributed by atoms with van der Waals surface area (Å²) in [6, 6.07) is 0. The first-order valence-electron chi connectivity index (χ1n) is 6.68. The Kier molecular flexibility index (Phi) is 1.96. The smallest absolute Gasteiger partial charge is 0.175 e. The van der Waals surface area contributed by atoms with Crippen molar-refractivity contribution in [1.82, 2.24) is 0 Å². The molecule has 0 radical (unpaired) electrons. The Hall–Kier alpha value is -0.0800. The van der Waals surface area contributed by atoms with Crippen LogP contribution in [-0.4, -0.2) is 18.0 Å². The second-order valence-electron chi connectivity index (χ2n) is 6.89. The van der Waals surface area contributed by atoms with Crippen molar-refractivity contribution in [3.05, 3.63) is 0 Å². The van der Waals surface area contributed by atoms with E-state index in [4.69, 9.17) is 9.47 Å². The Balaban J connectivity index is 2.01. The molecule has 2 aliphatic carbocycles. The van der Waals surface area contributed by atoms with Crippen LogP contribution < -0.4 is 0 Å². The second-order valence-corrected chi connectivity index (χ2v) is 6.89. The maximum absolute atomic E-state index is 6.27. The molecule has 1 spiro atoms. The van der Waals surface area contributed by atoms with Gasteiger partial charge in [0.25, 0.3) is 0 Å². The largest absolute Gasteiger partial charge is 0.344 e. The lowest BCUT2D eigenvalue weighted by molar-refractivity contribution is -0.248. The van der Waals surface area contributed by atoms with Gasteiger partial charge in [0, 0.05) is 11.8 Å². The fourth-order valence-electron chi connectivity index (χ4n) is 4.36. The Bertz CT molecular complexity index is 313. The molecular weight excluding hydrogens is 200 g/mol. The number of rotatable bonds is 0. The highest BCUT2D eigenvalue weighted by atomic mass is 16.8. The van der Waals surface area contributed by atoms with Crippen LogP contribution in [0.25, 0.3) is 0 Å². The molecule has 0 aromatic carbocycles. The van der Waals surface area contributed by atoms with Crippen molar-refractivity contribution in [1.29, 1.82) is 0 Å². The average Bonchev–Trinajstić information content (AvgIpc) is 2.63. The van der Waals surface area contributed by atoms with Crippen LogP contribution in [0.4, 0.5) is 0 Å². The van der Waals surface area contributed by atoms with Gasteiger partial charge in [-0.2, -0.15) is 0 Å². The monoisotopic (exact) mass is 224 g/mol. The van der Waals surface area contributed by atoms with E-state index in [0.717, 1.165) is 12.3 Å². The van der Waals surface area contributed by atoms with Crippen molar-refractivity contribution in [2.75, 3.05) is 0 Å². The van der Waals surface area contributed by atoms with Crippen LogP contribution in [0.5, 0.6) is 0 Å². The van der Waals surface area contributed by atoms with Gasteiger partial charge in [-0.1, -0.05) is 20.8 Å². The topological polar surface area (TPSA) is 18.5 Å². The molecule has 0 amide bonds. The minimum absolute atomic E-state index is 0.198. The zero-order valence-corrected chi connectivity index (χ0v) is 11.2. The highest BCUT2D eigenvalue weighted by Gasteiger charge is 2.72. The third-order valence-electron chi connectivity index (χ3n) is 6.20. The lowest BCUT2D eigenvalue weighted by Crippen LogP contribution is -2.48. The summed E-state index contributed by atoms with van der Waals surface area (Å²) in [5.74, 6) is 0.494. The van der Waals surface area contributed by atoms with Crippen molar-refractivity contribution in [2.24, 2.45) is 16.7 Å². The van der Waals surface area contributed by atoms with Crippen molar-refractivity contribution >= 4 is 0 Å². The van der Waals surface area contributed by atoms with Crippen LogP contribution in [-0.2, 0) is 9.47 Å². The van der Waals surface area contributed by atoms with Gasteiger partial charge in [0.1, 0.15) is 0 Å². The summed E-state index contributed by atoms with van der Waals surface area (Å²) in [7, 11) is 0. The van der Waals surface area contributed by atoms with Crippen LogP contribution in [0.3, 0.4) is 0 Å². The summed E-state index contributed by atoms with van der Waals surface area (Å²) in [4.78, 5) is 0. The van der Waals surface area contributed by atoms with Gasteiger partial charge in [-0.25, -0.2) is 0 Å². The first kappa shape index (κ1) is 11.0. The fraction of sp³-hybridized carbons (Fsp3) is 1.00. The van der Waals surface area contributed by atoms with Gasteiger partial charge in [0.05, 0.1) is 12.2 Å². The molecule has 2 saturated carbocycles. The molecule has 3 fully saturated rings. The fourth-order valence-corrected chi connectivity index (χ4v) is 4.36. The predicted octanol–water partition coefficient (Wildman–Crippen LogP) is 3.35. The van der Waals surface area contributed by atoms with Gasteiger partial charge >= 0.3 is 0 Å². The van der Waals surface area contributed by atoms with Crippen LogP contribution in [0.15, 0.2) is 0 Å². The zero-order valence-electron chi connectivity index (χ0n) is 11.2. The van der Waals surface area contributed by atoms with Crippen molar-refractivity contribution in [2.45, 2.75) is 71.9 Å². The molecule has 3 rings (SSSR count). The van der Waals surface area contributed by atoms with E-state index in [-0.39, 0.29) is 23.4 Å². The molecule has 0 aromatic rings. The molecule has 16 heavy (non-hydrogen) atoms. The Morgan fingerprint density at radius 1 is 1.00 bits per heavy atom. The molecule has 0 aromatic heterocycles. The highest BCUT2D eigenvalue weighted by Crippen LogP contribution is 2.72. The zero-order chi connectivity index (χ0) is 11.8. The maximum Gasteiger partial charge on any atom is 0.175 e. The molecule has 4 unspecified atom stereocenters. The van der Waals surface area contributed by atoms with Crippen LogP contribution >= 0.6 is 0 Å². The number of hydrogen-bond acceptors (Lipinski definition) is 2. The minimum atomic E-state index is -0.280. The summed E-state index contributed by atoms with van der Waals surface area (Å²) < 4.78 is 12.5. The first-order chi connectivity index (χ1) is 7.32. The van der Waals surface area contributed by atoms with Gasteiger partial charge < -0.3 is 9.47 Å². The Morgan fingerprint density at radius 3 is 1.94 bits per heavy atom. The molecule has 1 saturated heterocycles. The van der Waals surface area contributed by atoms with E-state index in [2.05, 4.69) is 34.6 Å². The van der Waals surface area contributed by atoms with Crippen molar-refractivity contribution in [3.63, 3.8) is 0 Å². The molecule has 4 atom stereocenters. The third kappa shape index (κ3) is 0.971. The van der Waals surface area contributed by atoms with Gasteiger partial charge in [0.2, 0.25) is 0 Å². The summed E-state index contributed by atoms with van der Waals surface area (Å²) in [6.45, 7) is 11.5. The van der Waals surface area contributed by atoms with E-state index in [1.54, 1.807) is 0 Å². The van der Waals surface area contributed by atoms with Gasteiger partial charge in [-0.05, 0) is 38.0 Å². The van der Waals surface area contributed by atoms with Crippen molar-refractivity contribution < 1.29 is 9.47 Å². The summed E-state index contributed by atoms with van der Waals surface area (Å²) in [6.07, 6.45) is 4.19. The molecule has 1 aliphatic heterocycles. The SMILES string of the molecule is CC1OC2(CC3CCC2(C)C3(C)C)OC1C. The normalized spacial score (nSPS) is 58.7. The lowest BCUT2D eigenvalue weighted by atomic mass is 9.68. The average molecular weight is 224 g/mol. The second kappa shape index (κ2) is 2.84. The van der Waals surface area contributed by atoms with E-state index in [0.29, 0.717) is 5.41 Å². The van der Waals surface area contributed by atoms with E-state index in [1.165, 1.54) is 12.8 Å². The molecule has 92 valence electrons. The summed E-state index contributed by atoms with van der Waals surface area (Å²) in [5, 5.41) is 0. The van der Waals surface area contributed by atoms with E-state index < -0.39 is 0 Å². The Morgan fingerprint density at radius 2 is 1.56 bits per heavy atom. The van der Waals surface area contributed by atoms with Crippen LogP contribution in [0.2, 0.25) is 0 Å². The molecule has 2 bridgehead atoms. The quantitative estimate of drug-likeness (QED) is 0.628. The third-order valence-corrected chi connectivity index (χ3v) is 6.20. The molecule has 2 heteroatoms. The number of fused-ring (bicyclic) bond motifs is 3. The predicted molar refractivity (Wildman–Crippen MR) is 63.1 cm³/mol. The minimum Gasteiger partial charge on any atom is -0.344 e. The Labute approximate surface area is 98.7 Å². The van der Waals surface area contributed by atoms with Gasteiger partial charge in [0.15, 0.2) is 5.79 Å². The molecule has 0 N–H and O–H groups in total.